The first-order valence-electron chi connectivity index (χ1n) is 12.8. The number of ether oxygens (including phenoxy) is 1. The van der Waals surface area contributed by atoms with Gasteiger partial charge in [-0.2, -0.15) is 0 Å². The summed E-state index contributed by atoms with van der Waals surface area (Å²) in [4.78, 5) is 0. The summed E-state index contributed by atoms with van der Waals surface area (Å²) in [5.74, 6) is 1.91. The molecule has 0 N–H and O–H groups in total. The van der Waals surface area contributed by atoms with Crippen LogP contribution in [-0.2, 0) is 0 Å². The van der Waals surface area contributed by atoms with Crippen LogP contribution in [0, 0.1) is 0 Å². The number of hydrogen-bond acceptors (Lipinski definition) is 1. The Balaban J connectivity index is 1.49. The van der Waals surface area contributed by atoms with Crippen LogP contribution in [-0.4, -0.2) is 11.3 Å². The number of rotatable bonds is 1. The van der Waals surface area contributed by atoms with E-state index in [1.54, 1.807) is 0 Å². The van der Waals surface area contributed by atoms with Crippen LogP contribution < -0.4 is 21.1 Å². The Morgan fingerprint density at radius 1 is 0.514 bits per heavy atom. The van der Waals surface area contributed by atoms with Crippen molar-refractivity contribution in [1.29, 1.82) is 0 Å². The molecule has 0 saturated heterocycles. The Bertz CT molecular complexity index is 2070. The molecule has 3 heterocycles. The predicted octanol–water partition coefficient (Wildman–Crippen LogP) is 6.54. The molecule has 0 bridgehead atoms. The number of nitrogens with zero attached hydrogens (tertiary/aromatic N) is 1. The van der Waals surface area contributed by atoms with Gasteiger partial charge in [0.15, 0.2) is 0 Å². The van der Waals surface area contributed by atoms with Crippen molar-refractivity contribution in [1.82, 2.24) is 4.57 Å². The first kappa shape index (κ1) is 19.4. The number of benzene rings is 6. The second-order valence-electron chi connectivity index (χ2n) is 10.1. The Kier molecular flexibility index (Phi) is 3.64. The second kappa shape index (κ2) is 6.92. The van der Waals surface area contributed by atoms with Crippen molar-refractivity contribution in [3.05, 3.63) is 121 Å². The van der Waals surface area contributed by atoms with Crippen LogP contribution >= 0.6 is 0 Å². The van der Waals surface area contributed by atoms with Crippen molar-refractivity contribution in [3.63, 3.8) is 0 Å². The summed E-state index contributed by atoms with van der Waals surface area (Å²) in [5, 5.41) is 5.09. The molecule has 0 aliphatic carbocycles. The minimum atomic E-state index is 0.113. The summed E-state index contributed by atoms with van der Waals surface area (Å²) in [6, 6.07) is 43.8. The van der Waals surface area contributed by atoms with Crippen LogP contribution in [0.25, 0.3) is 49.4 Å². The molecule has 3 heteroatoms. The van der Waals surface area contributed by atoms with Gasteiger partial charge in [0.2, 0.25) is 0 Å². The quantitative estimate of drug-likeness (QED) is 0.249. The van der Waals surface area contributed by atoms with E-state index >= 15 is 0 Å². The summed E-state index contributed by atoms with van der Waals surface area (Å²) < 4.78 is 9.13. The van der Waals surface area contributed by atoms with E-state index in [0.717, 1.165) is 11.5 Å². The van der Waals surface area contributed by atoms with E-state index in [1.165, 1.54) is 65.8 Å². The SMILES string of the molecule is c1ccc(-c2cccc3c4cccc5c4n(c23)-c2cccc3c2B5c2c(ccc4ccccc24)O3)cc1. The number of hydrogen-bond donors (Lipinski definition) is 0. The van der Waals surface area contributed by atoms with Crippen LogP contribution in [0.1, 0.15) is 0 Å². The highest BCUT2D eigenvalue weighted by molar-refractivity contribution is 7.00. The van der Waals surface area contributed by atoms with Crippen LogP contribution in [0.5, 0.6) is 11.5 Å². The van der Waals surface area contributed by atoms with E-state index in [-0.39, 0.29) is 6.71 Å². The molecule has 1 aromatic heterocycles. The largest absolute Gasteiger partial charge is 0.458 e. The Morgan fingerprint density at radius 2 is 1.24 bits per heavy atom. The second-order valence-corrected chi connectivity index (χ2v) is 10.1. The third-order valence-electron chi connectivity index (χ3n) is 8.25. The van der Waals surface area contributed by atoms with Gasteiger partial charge in [-0.05, 0) is 50.9 Å². The summed E-state index contributed by atoms with van der Waals surface area (Å²) in [7, 11) is 0. The van der Waals surface area contributed by atoms with Gasteiger partial charge in [0.25, 0.3) is 6.71 Å². The summed E-state index contributed by atoms with van der Waals surface area (Å²) >= 11 is 0. The van der Waals surface area contributed by atoms with E-state index in [9.17, 15) is 0 Å². The van der Waals surface area contributed by atoms with Crippen molar-refractivity contribution < 1.29 is 4.74 Å². The maximum atomic E-state index is 6.63. The third-order valence-corrected chi connectivity index (χ3v) is 8.25. The lowest BCUT2D eigenvalue weighted by atomic mass is 9.34. The summed E-state index contributed by atoms with van der Waals surface area (Å²) in [6.07, 6.45) is 0. The monoisotopic (exact) mass is 469 g/mol. The zero-order chi connectivity index (χ0) is 24.1. The average molecular weight is 469 g/mol. The Labute approximate surface area is 214 Å². The zero-order valence-corrected chi connectivity index (χ0v) is 20.0. The summed E-state index contributed by atoms with van der Waals surface area (Å²) in [5.41, 5.74) is 10.1. The van der Waals surface area contributed by atoms with E-state index in [4.69, 9.17) is 4.74 Å². The fourth-order valence-corrected chi connectivity index (χ4v) is 6.81. The highest BCUT2D eigenvalue weighted by Crippen LogP contribution is 2.41. The van der Waals surface area contributed by atoms with Crippen molar-refractivity contribution >= 4 is 55.7 Å². The van der Waals surface area contributed by atoms with Gasteiger partial charge in [-0.15, -0.1) is 0 Å². The first-order chi connectivity index (χ1) is 18.4. The van der Waals surface area contributed by atoms with E-state index < -0.39 is 0 Å². The van der Waals surface area contributed by atoms with Gasteiger partial charge in [-0.1, -0.05) is 103 Å². The van der Waals surface area contributed by atoms with Crippen molar-refractivity contribution in [2.24, 2.45) is 0 Å². The molecule has 2 aliphatic rings. The molecule has 0 fully saturated rings. The van der Waals surface area contributed by atoms with Crippen LogP contribution in [0.15, 0.2) is 121 Å². The molecular weight excluding hydrogens is 449 g/mol. The fourth-order valence-electron chi connectivity index (χ4n) is 6.81. The molecule has 0 radical (unpaired) electrons. The van der Waals surface area contributed by atoms with Gasteiger partial charge < -0.3 is 9.30 Å². The highest BCUT2D eigenvalue weighted by atomic mass is 16.5. The van der Waals surface area contributed by atoms with E-state index in [2.05, 4.69) is 126 Å². The molecule has 0 unspecified atom stereocenters. The number of aromatic nitrogens is 1. The molecule has 0 atom stereocenters. The summed E-state index contributed by atoms with van der Waals surface area (Å²) in [6.45, 7) is 0.113. The van der Waals surface area contributed by atoms with E-state index in [0.29, 0.717) is 0 Å². The lowest BCUT2D eigenvalue weighted by Gasteiger charge is -2.34. The fraction of sp³-hybridized carbons (Fsp3) is 0. The van der Waals surface area contributed by atoms with Crippen LogP contribution in [0.3, 0.4) is 0 Å². The highest BCUT2D eigenvalue weighted by Gasteiger charge is 2.41. The van der Waals surface area contributed by atoms with Gasteiger partial charge in [0, 0.05) is 27.5 Å². The van der Waals surface area contributed by atoms with Gasteiger partial charge in [-0.25, -0.2) is 0 Å². The van der Waals surface area contributed by atoms with Gasteiger partial charge >= 0.3 is 0 Å². The molecule has 0 spiro atoms. The normalized spacial score (nSPS) is 13.0. The van der Waals surface area contributed by atoms with Gasteiger partial charge in [0.05, 0.1) is 5.52 Å². The minimum absolute atomic E-state index is 0.113. The van der Waals surface area contributed by atoms with Crippen LogP contribution in [0.4, 0.5) is 0 Å². The number of para-hydroxylation sites is 2. The van der Waals surface area contributed by atoms with Crippen molar-refractivity contribution in [2.75, 3.05) is 0 Å². The lowest BCUT2D eigenvalue weighted by molar-refractivity contribution is 0.488. The maximum Gasteiger partial charge on any atom is 0.257 e. The van der Waals surface area contributed by atoms with Crippen molar-refractivity contribution in [2.45, 2.75) is 0 Å². The molecule has 0 amide bonds. The molecule has 2 aliphatic heterocycles. The van der Waals surface area contributed by atoms with Crippen LogP contribution in [0.2, 0.25) is 0 Å². The molecule has 9 rings (SSSR count). The smallest absolute Gasteiger partial charge is 0.257 e. The Morgan fingerprint density at radius 3 is 2.16 bits per heavy atom. The molecule has 2 nitrogen and oxygen atoms in total. The Hall–Kier alpha value is -4.76. The van der Waals surface area contributed by atoms with Gasteiger partial charge in [-0.3, -0.25) is 0 Å². The number of fused-ring (bicyclic) bond motifs is 9. The molecule has 0 saturated carbocycles. The molecule has 170 valence electrons. The standard InChI is InChI=1S/C34H20BNO/c1-2-9-21(10-3-1)24-13-6-14-25-26-15-7-16-27-34(26)36(33(24)25)28-17-8-18-29-32(28)35(27)31-23-12-5-4-11-22(23)19-20-30(31)37-29/h1-20H. The van der Waals surface area contributed by atoms with E-state index in [1.807, 2.05) is 0 Å². The first-order valence-corrected chi connectivity index (χ1v) is 12.8. The molecular formula is C34H20BNO. The molecule has 37 heavy (non-hydrogen) atoms. The van der Waals surface area contributed by atoms with Gasteiger partial charge in [0.1, 0.15) is 11.5 Å². The lowest BCUT2D eigenvalue weighted by Crippen LogP contribution is -2.58. The van der Waals surface area contributed by atoms with Crippen molar-refractivity contribution in [3.8, 4) is 28.3 Å². The topological polar surface area (TPSA) is 14.2 Å². The minimum Gasteiger partial charge on any atom is -0.458 e. The molecule has 7 aromatic rings. The average Bonchev–Trinajstić information content (AvgIpc) is 3.31. The molecule has 6 aromatic carbocycles. The zero-order valence-electron chi connectivity index (χ0n) is 20.0. The third kappa shape index (κ3) is 2.41. The maximum absolute atomic E-state index is 6.63. The predicted molar refractivity (Wildman–Crippen MR) is 155 cm³/mol.